The third kappa shape index (κ3) is 6.02. The van der Waals surface area contributed by atoms with E-state index in [-0.39, 0.29) is 23.5 Å². The summed E-state index contributed by atoms with van der Waals surface area (Å²) >= 11 is 0. The molecule has 1 aliphatic heterocycles. The van der Waals surface area contributed by atoms with Gasteiger partial charge in [-0.3, -0.25) is 4.79 Å². The Kier molecular flexibility index (Phi) is 8.22. The predicted octanol–water partition coefficient (Wildman–Crippen LogP) is 3.91. The van der Waals surface area contributed by atoms with Gasteiger partial charge in [-0.2, -0.15) is 0 Å². The van der Waals surface area contributed by atoms with Crippen LogP contribution in [0, 0.1) is 5.92 Å². The second-order valence-corrected chi connectivity index (χ2v) is 11.7. The zero-order valence-electron chi connectivity index (χ0n) is 19.9. The Morgan fingerprint density at radius 1 is 1.12 bits per heavy atom. The molecule has 1 amide bonds. The van der Waals surface area contributed by atoms with Gasteiger partial charge in [0, 0.05) is 36.4 Å². The van der Waals surface area contributed by atoms with Crippen LogP contribution in [0.4, 0.5) is 11.4 Å². The minimum Gasteiger partial charge on any atom is -0.371 e. The standard InChI is InChI=1S/C24H39N3O4S/c1-5-24(6-2)17-27(15-16-31-24)22-13-11-20(12-14-22)25-23(28)19-7-9-21(10-8-19)26-32(29,30)18(3)4/h11-14,18-19,21,26H,5-10,15-17H2,1-4H3,(H,25,28)/t19-,21-. The van der Waals surface area contributed by atoms with Crippen molar-refractivity contribution in [3.05, 3.63) is 24.3 Å². The molecular weight excluding hydrogens is 426 g/mol. The van der Waals surface area contributed by atoms with Crippen LogP contribution in [0.5, 0.6) is 0 Å². The zero-order chi connectivity index (χ0) is 23.4. The van der Waals surface area contributed by atoms with Crippen LogP contribution in [0.15, 0.2) is 24.3 Å². The van der Waals surface area contributed by atoms with Crippen molar-refractivity contribution in [3.63, 3.8) is 0 Å². The van der Waals surface area contributed by atoms with Gasteiger partial charge in [-0.25, -0.2) is 13.1 Å². The number of hydrogen-bond acceptors (Lipinski definition) is 5. The number of nitrogens with one attached hydrogen (secondary N) is 2. The van der Waals surface area contributed by atoms with Gasteiger partial charge in [0.2, 0.25) is 15.9 Å². The first kappa shape index (κ1) is 25.0. The normalized spacial score (nSPS) is 23.8. The van der Waals surface area contributed by atoms with Gasteiger partial charge in [0.25, 0.3) is 0 Å². The number of carbonyl (C=O) groups excluding carboxylic acids is 1. The molecule has 0 bridgehead atoms. The van der Waals surface area contributed by atoms with Crippen molar-refractivity contribution in [2.24, 2.45) is 5.92 Å². The molecule has 2 fully saturated rings. The average Bonchev–Trinajstić information content (AvgIpc) is 2.79. The molecule has 1 saturated heterocycles. The highest BCUT2D eigenvalue weighted by atomic mass is 32.2. The van der Waals surface area contributed by atoms with E-state index < -0.39 is 15.3 Å². The lowest BCUT2D eigenvalue weighted by Crippen LogP contribution is -2.51. The second kappa shape index (κ2) is 10.5. The largest absolute Gasteiger partial charge is 0.371 e. The van der Waals surface area contributed by atoms with Gasteiger partial charge in [-0.1, -0.05) is 13.8 Å². The van der Waals surface area contributed by atoms with E-state index in [9.17, 15) is 13.2 Å². The van der Waals surface area contributed by atoms with E-state index in [0.717, 1.165) is 43.9 Å². The van der Waals surface area contributed by atoms with Crippen LogP contribution < -0.4 is 14.9 Å². The summed E-state index contributed by atoms with van der Waals surface area (Å²) in [6.45, 7) is 10.2. The van der Waals surface area contributed by atoms with Crippen molar-refractivity contribution in [2.75, 3.05) is 29.9 Å². The second-order valence-electron chi connectivity index (χ2n) is 9.46. The number of morpholine rings is 1. The number of ether oxygens (including phenoxy) is 1. The van der Waals surface area contributed by atoms with Crippen LogP contribution >= 0.6 is 0 Å². The lowest BCUT2D eigenvalue weighted by molar-refractivity contribution is -0.120. The number of carbonyl (C=O) groups is 1. The van der Waals surface area contributed by atoms with Crippen molar-refractivity contribution < 1.29 is 17.9 Å². The first-order valence-electron chi connectivity index (χ1n) is 12.0. The van der Waals surface area contributed by atoms with Crippen molar-refractivity contribution in [1.82, 2.24) is 4.72 Å². The molecular formula is C24H39N3O4S. The molecule has 1 aromatic rings. The van der Waals surface area contributed by atoms with Crippen LogP contribution in [-0.2, 0) is 19.6 Å². The lowest BCUT2D eigenvalue weighted by Gasteiger charge is -2.43. The molecule has 1 heterocycles. The topological polar surface area (TPSA) is 87.7 Å². The van der Waals surface area contributed by atoms with Gasteiger partial charge < -0.3 is 15.0 Å². The molecule has 32 heavy (non-hydrogen) atoms. The minimum atomic E-state index is -3.27. The number of benzene rings is 1. The first-order valence-corrected chi connectivity index (χ1v) is 13.5. The Hall–Kier alpha value is -1.64. The average molecular weight is 466 g/mol. The van der Waals surface area contributed by atoms with E-state index in [2.05, 4.69) is 40.9 Å². The summed E-state index contributed by atoms with van der Waals surface area (Å²) in [7, 11) is -3.27. The Morgan fingerprint density at radius 2 is 1.75 bits per heavy atom. The summed E-state index contributed by atoms with van der Waals surface area (Å²) in [6.07, 6.45) is 4.76. The summed E-state index contributed by atoms with van der Waals surface area (Å²) in [6, 6.07) is 7.98. The molecule has 1 aromatic carbocycles. The van der Waals surface area contributed by atoms with Crippen LogP contribution in [0.3, 0.4) is 0 Å². The molecule has 8 heteroatoms. The predicted molar refractivity (Wildman–Crippen MR) is 129 cm³/mol. The maximum absolute atomic E-state index is 12.7. The smallest absolute Gasteiger partial charge is 0.227 e. The van der Waals surface area contributed by atoms with Gasteiger partial charge in [0.15, 0.2) is 0 Å². The van der Waals surface area contributed by atoms with Crippen LogP contribution in [0.1, 0.15) is 66.2 Å². The van der Waals surface area contributed by atoms with E-state index in [1.54, 1.807) is 13.8 Å². The van der Waals surface area contributed by atoms with Gasteiger partial charge in [0.05, 0.1) is 17.5 Å². The maximum Gasteiger partial charge on any atom is 0.227 e. The molecule has 1 aliphatic carbocycles. The highest BCUT2D eigenvalue weighted by molar-refractivity contribution is 7.90. The van der Waals surface area contributed by atoms with Gasteiger partial charge in [0.1, 0.15) is 0 Å². The van der Waals surface area contributed by atoms with Gasteiger partial charge in [-0.05, 0) is 76.6 Å². The number of sulfonamides is 1. The van der Waals surface area contributed by atoms with E-state index in [4.69, 9.17) is 4.74 Å². The quantitative estimate of drug-likeness (QED) is 0.608. The molecule has 7 nitrogen and oxygen atoms in total. The molecule has 2 aliphatic rings. The summed E-state index contributed by atoms with van der Waals surface area (Å²) in [5, 5.41) is 2.60. The summed E-state index contributed by atoms with van der Waals surface area (Å²) in [5.74, 6) is -0.0614. The minimum absolute atomic E-state index is 0.0188. The molecule has 0 aromatic heterocycles. The number of amides is 1. The van der Waals surface area contributed by atoms with E-state index in [1.165, 1.54) is 0 Å². The Morgan fingerprint density at radius 3 is 2.31 bits per heavy atom. The van der Waals surface area contributed by atoms with Crippen molar-refractivity contribution in [1.29, 1.82) is 0 Å². The van der Waals surface area contributed by atoms with Gasteiger partial charge >= 0.3 is 0 Å². The Balaban J connectivity index is 1.51. The molecule has 0 atom stereocenters. The fraction of sp³-hybridized carbons (Fsp3) is 0.708. The number of rotatable bonds is 8. The molecule has 0 unspecified atom stereocenters. The maximum atomic E-state index is 12.7. The molecule has 3 rings (SSSR count). The van der Waals surface area contributed by atoms with Gasteiger partial charge in [-0.15, -0.1) is 0 Å². The molecule has 0 spiro atoms. The first-order chi connectivity index (χ1) is 15.2. The number of anilines is 2. The summed E-state index contributed by atoms with van der Waals surface area (Å²) in [5.41, 5.74) is 1.87. The monoisotopic (exact) mass is 465 g/mol. The van der Waals surface area contributed by atoms with E-state index in [1.807, 2.05) is 12.1 Å². The highest BCUT2D eigenvalue weighted by Gasteiger charge is 2.33. The lowest BCUT2D eigenvalue weighted by atomic mass is 9.86. The van der Waals surface area contributed by atoms with Crippen molar-refractivity contribution in [2.45, 2.75) is 83.1 Å². The molecule has 0 radical (unpaired) electrons. The van der Waals surface area contributed by atoms with Crippen LogP contribution in [0.2, 0.25) is 0 Å². The van der Waals surface area contributed by atoms with E-state index in [0.29, 0.717) is 25.7 Å². The Labute approximate surface area is 193 Å². The van der Waals surface area contributed by atoms with E-state index >= 15 is 0 Å². The van der Waals surface area contributed by atoms with Crippen molar-refractivity contribution >= 4 is 27.3 Å². The number of nitrogens with zero attached hydrogens (tertiary/aromatic N) is 1. The highest BCUT2D eigenvalue weighted by Crippen LogP contribution is 2.30. The fourth-order valence-electron chi connectivity index (χ4n) is 4.58. The van der Waals surface area contributed by atoms with Crippen LogP contribution in [0.25, 0.3) is 0 Å². The van der Waals surface area contributed by atoms with Crippen molar-refractivity contribution in [3.8, 4) is 0 Å². The molecule has 2 N–H and O–H groups in total. The van der Waals surface area contributed by atoms with Crippen LogP contribution in [-0.4, -0.2) is 50.9 Å². The zero-order valence-corrected chi connectivity index (χ0v) is 20.7. The molecule has 180 valence electrons. The SMILES string of the molecule is CCC1(CC)CN(c2ccc(NC(=O)[C@H]3CC[C@H](NS(=O)(=O)C(C)C)CC3)cc2)CCO1. The third-order valence-corrected chi connectivity index (χ3v) is 8.99. The Bertz CT molecular complexity index is 858. The fourth-order valence-corrected chi connectivity index (χ4v) is 5.56. The molecule has 1 saturated carbocycles. The number of hydrogen-bond donors (Lipinski definition) is 2. The summed E-state index contributed by atoms with van der Waals surface area (Å²) in [4.78, 5) is 15.1. The third-order valence-electron chi connectivity index (χ3n) is 7.09. The summed E-state index contributed by atoms with van der Waals surface area (Å²) < 4.78 is 33.0.